The van der Waals surface area contributed by atoms with Crippen LogP contribution in [0.3, 0.4) is 0 Å². The van der Waals surface area contributed by atoms with Crippen molar-refractivity contribution in [3.8, 4) is 0 Å². The fraction of sp³-hybridized carbons (Fsp3) is 0.611. The van der Waals surface area contributed by atoms with Crippen molar-refractivity contribution in [1.82, 2.24) is 5.32 Å². The van der Waals surface area contributed by atoms with Gasteiger partial charge in [-0.05, 0) is 37.5 Å². The monoisotopic (exact) mass is 388 g/mol. The van der Waals surface area contributed by atoms with Crippen LogP contribution in [0.5, 0.6) is 0 Å². The topological polar surface area (TPSA) is 66.5 Å². The lowest BCUT2D eigenvalue weighted by molar-refractivity contribution is -0.122. The van der Waals surface area contributed by atoms with Crippen molar-refractivity contribution in [2.45, 2.75) is 52.5 Å². The van der Waals surface area contributed by atoms with E-state index in [0.717, 1.165) is 36.2 Å². The van der Waals surface area contributed by atoms with Gasteiger partial charge in [0.25, 0.3) is 0 Å². The molecule has 2 atom stereocenters. The summed E-state index contributed by atoms with van der Waals surface area (Å²) in [5.41, 5.74) is 0.385. The molecule has 0 spiro atoms. The molecular formula is C18H29ClN2O3S. The molecule has 0 heterocycles. The Balaban J connectivity index is 2.88. The number of carbonyl (C=O) groups is 1. The minimum absolute atomic E-state index is 0.305. The molecule has 5 nitrogen and oxygen atoms in total. The van der Waals surface area contributed by atoms with Crippen LogP contribution in [0.15, 0.2) is 24.3 Å². The highest BCUT2D eigenvalue weighted by atomic mass is 35.5. The lowest BCUT2D eigenvalue weighted by Crippen LogP contribution is -2.48. The Hall–Kier alpha value is -1.27. The van der Waals surface area contributed by atoms with Crippen molar-refractivity contribution in [2.75, 3.05) is 17.1 Å². The van der Waals surface area contributed by atoms with Crippen LogP contribution in [0.25, 0.3) is 0 Å². The van der Waals surface area contributed by atoms with Crippen LogP contribution in [-0.2, 0) is 14.8 Å². The zero-order chi connectivity index (χ0) is 19.0. The Bertz CT molecular complexity index is 664. The standard InChI is InChI=1S/C18H29ClN2O3S/c1-5-7-9-15(6-2)13-20-18(22)14(3)21(25(4,23)24)17-11-8-10-16(19)12-17/h8,10-12,14-15H,5-7,9,13H2,1-4H3,(H,20,22)/t14-,15-/m0/s1. The highest BCUT2D eigenvalue weighted by Crippen LogP contribution is 2.24. The van der Waals surface area contributed by atoms with Crippen LogP contribution in [0, 0.1) is 5.92 Å². The summed E-state index contributed by atoms with van der Waals surface area (Å²) in [5, 5.41) is 3.32. The number of rotatable bonds is 10. The van der Waals surface area contributed by atoms with E-state index < -0.39 is 16.1 Å². The Morgan fingerprint density at radius 3 is 2.52 bits per heavy atom. The summed E-state index contributed by atoms with van der Waals surface area (Å²) in [5.74, 6) is 0.106. The van der Waals surface area contributed by atoms with Crippen molar-refractivity contribution < 1.29 is 13.2 Å². The summed E-state index contributed by atoms with van der Waals surface area (Å²) >= 11 is 5.97. The number of anilines is 1. The Kier molecular flexibility index (Phi) is 8.73. The summed E-state index contributed by atoms with van der Waals surface area (Å²) in [6, 6.07) is 5.65. The molecule has 0 bridgehead atoms. The fourth-order valence-electron chi connectivity index (χ4n) is 2.76. The molecule has 0 aliphatic carbocycles. The molecule has 1 aromatic carbocycles. The maximum Gasteiger partial charge on any atom is 0.243 e. The number of sulfonamides is 1. The molecule has 142 valence electrons. The van der Waals surface area contributed by atoms with Crippen LogP contribution in [0.4, 0.5) is 5.69 Å². The maximum absolute atomic E-state index is 12.5. The van der Waals surface area contributed by atoms with E-state index in [-0.39, 0.29) is 5.91 Å². The molecule has 0 aromatic heterocycles. The molecule has 1 N–H and O–H groups in total. The number of hydrogen-bond donors (Lipinski definition) is 1. The van der Waals surface area contributed by atoms with Crippen molar-refractivity contribution in [2.24, 2.45) is 5.92 Å². The number of hydrogen-bond acceptors (Lipinski definition) is 3. The highest BCUT2D eigenvalue weighted by Gasteiger charge is 2.29. The second-order valence-electron chi connectivity index (χ2n) is 6.38. The van der Waals surface area contributed by atoms with E-state index in [1.165, 1.54) is 0 Å². The quantitative estimate of drug-likeness (QED) is 0.662. The Morgan fingerprint density at radius 1 is 1.32 bits per heavy atom. The van der Waals surface area contributed by atoms with Crippen LogP contribution in [0.1, 0.15) is 46.5 Å². The lowest BCUT2D eigenvalue weighted by atomic mass is 9.99. The van der Waals surface area contributed by atoms with E-state index in [1.54, 1.807) is 31.2 Å². The van der Waals surface area contributed by atoms with Crippen molar-refractivity contribution in [3.63, 3.8) is 0 Å². The summed E-state index contributed by atoms with van der Waals surface area (Å²) < 4.78 is 25.6. The van der Waals surface area contributed by atoms with Gasteiger partial charge < -0.3 is 5.32 Å². The maximum atomic E-state index is 12.5. The fourth-order valence-corrected chi connectivity index (χ4v) is 4.11. The molecule has 0 saturated heterocycles. The van der Waals surface area contributed by atoms with Gasteiger partial charge in [0.05, 0.1) is 11.9 Å². The lowest BCUT2D eigenvalue weighted by Gasteiger charge is -2.29. The predicted octanol–water partition coefficient (Wildman–Crippen LogP) is 3.83. The number of nitrogens with one attached hydrogen (secondary N) is 1. The third-order valence-electron chi connectivity index (χ3n) is 4.26. The second kappa shape index (κ2) is 10.0. The molecule has 0 fully saturated rings. The average Bonchev–Trinajstić information content (AvgIpc) is 2.53. The minimum Gasteiger partial charge on any atom is -0.354 e. The molecule has 1 rings (SSSR count). The SMILES string of the molecule is CCCC[C@H](CC)CNC(=O)[C@H](C)N(c1cccc(Cl)c1)S(C)(=O)=O. The van der Waals surface area contributed by atoms with Crippen LogP contribution >= 0.6 is 11.6 Å². The first kappa shape index (κ1) is 21.8. The molecule has 1 amide bonds. The van der Waals surface area contributed by atoms with Gasteiger partial charge in [-0.25, -0.2) is 8.42 Å². The third-order valence-corrected chi connectivity index (χ3v) is 5.74. The highest BCUT2D eigenvalue weighted by molar-refractivity contribution is 7.92. The number of unbranched alkanes of at least 4 members (excludes halogenated alkanes) is 1. The minimum atomic E-state index is -3.62. The molecular weight excluding hydrogens is 360 g/mol. The molecule has 0 aliphatic heterocycles. The summed E-state index contributed by atoms with van der Waals surface area (Å²) in [6.07, 6.45) is 5.39. The first-order valence-electron chi connectivity index (χ1n) is 8.73. The zero-order valence-electron chi connectivity index (χ0n) is 15.5. The summed E-state index contributed by atoms with van der Waals surface area (Å²) in [4.78, 5) is 12.5. The molecule has 1 aromatic rings. The number of amides is 1. The van der Waals surface area contributed by atoms with Gasteiger partial charge in [-0.2, -0.15) is 0 Å². The smallest absolute Gasteiger partial charge is 0.243 e. The Morgan fingerprint density at radius 2 is 2.00 bits per heavy atom. The second-order valence-corrected chi connectivity index (χ2v) is 8.67. The van der Waals surface area contributed by atoms with Gasteiger partial charge in [-0.1, -0.05) is 50.8 Å². The van der Waals surface area contributed by atoms with E-state index >= 15 is 0 Å². The van der Waals surface area contributed by atoms with Gasteiger partial charge in [-0.15, -0.1) is 0 Å². The number of carbonyl (C=O) groups excluding carboxylic acids is 1. The van der Waals surface area contributed by atoms with Crippen molar-refractivity contribution >= 4 is 33.2 Å². The van der Waals surface area contributed by atoms with Gasteiger partial charge in [-0.3, -0.25) is 9.10 Å². The number of nitrogens with zero attached hydrogens (tertiary/aromatic N) is 1. The van der Waals surface area contributed by atoms with Gasteiger partial charge in [0.1, 0.15) is 6.04 Å². The average molecular weight is 389 g/mol. The van der Waals surface area contributed by atoms with E-state index in [1.807, 2.05) is 0 Å². The summed E-state index contributed by atoms with van der Waals surface area (Å²) in [6.45, 7) is 6.39. The molecule has 0 unspecified atom stereocenters. The van der Waals surface area contributed by atoms with E-state index in [0.29, 0.717) is 23.2 Å². The molecule has 25 heavy (non-hydrogen) atoms. The zero-order valence-corrected chi connectivity index (χ0v) is 17.0. The first-order chi connectivity index (χ1) is 11.7. The number of benzene rings is 1. The largest absolute Gasteiger partial charge is 0.354 e. The normalized spacial score (nSPS) is 14.0. The Labute approximate surface area is 156 Å². The predicted molar refractivity (Wildman–Crippen MR) is 105 cm³/mol. The molecule has 0 radical (unpaired) electrons. The van der Waals surface area contributed by atoms with Gasteiger partial charge in [0, 0.05) is 11.6 Å². The summed E-state index contributed by atoms with van der Waals surface area (Å²) in [7, 11) is -3.62. The molecule has 0 saturated carbocycles. The van der Waals surface area contributed by atoms with Crippen LogP contribution < -0.4 is 9.62 Å². The molecule has 7 heteroatoms. The number of halogens is 1. The van der Waals surface area contributed by atoms with Gasteiger partial charge in [0.2, 0.25) is 15.9 Å². The third kappa shape index (κ3) is 6.86. The van der Waals surface area contributed by atoms with Crippen molar-refractivity contribution in [3.05, 3.63) is 29.3 Å². The van der Waals surface area contributed by atoms with E-state index in [9.17, 15) is 13.2 Å². The first-order valence-corrected chi connectivity index (χ1v) is 11.0. The van der Waals surface area contributed by atoms with Crippen LogP contribution in [0.2, 0.25) is 5.02 Å². The van der Waals surface area contributed by atoms with Crippen LogP contribution in [-0.4, -0.2) is 33.2 Å². The van der Waals surface area contributed by atoms with Gasteiger partial charge >= 0.3 is 0 Å². The van der Waals surface area contributed by atoms with E-state index in [4.69, 9.17) is 11.6 Å². The van der Waals surface area contributed by atoms with E-state index in [2.05, 4.69) is 19.2 Å². The molecule has 0 aliphatic rings. The van der Waals surface area contributed by atoms with Crippen molar-refractivity contribution in [1.29, 1.82) is 0 Å². The van der Waals surface area contributed by atoms with Gasteiger partial charge in [0.15, 0.2) is 0 Å².